The number of amides is 2. The Hall–Kier alpha value is -3.39. The largest absolute Gasteiger partial charge is 0.487 e. The molecule has 0 bridgehead atoms. The highest BCUT2D eigenvalue weighted by Gasteiger charge is 2.51. The molecule has 0 spiro atoms. The molecule has 2 heterocycles. The zero-order chi connectivity index (χ0) is 27.6. The molecule has 0 aliphatic carbocycles. The van der Waals surface area contributed by atoms with Crippen LogP contribution in [0.4, 0.5) is 0 Å². The topological polar surface area (TPSA) is 94.2 Å². The number of aryl methyl sites for hydroxylation is 2. The molecule has 2 aromatic carbocycles. The van der Waals surface area contributed by atoms with Crippen molar-refractivity contribution in [1.82, 2.24) is 10.2 Å². The van der Waals surface area contributed by atoms with E-state index in [1.54, 1.807) is 17.0 Å². The number of nitrogens with zero attached hydrogens (tertiary/aromatic N) is 1. The van der Waals surface area contributed by atoms with Crippen LogP contribution in [0.25, 0.3) is 0 Å². The van der Waals surface area contributed by atoms with Crippen molar-refractivity contribution in [2.24, 2.45) is 11.8 Å². The van der Waals surface area contributed by atoms with Gasteiger partial charge in [-0.1, -0.05) is 63.1 Å². The summed E-state index contributed by atoms with van der Waals surface area (Å²) in [5.74, 6) is -0.357. The molecule has 2 aliphatic rings. The van der Waals surface area contributed by atoms with Gasteiger partial charge in [-0.3, -0.25) is 9.59 Å². The van der Waals surface area contributed by atoms with Gasteiger partial charge in [-0.15, -0.1) is 0 Å². The first-order valence-electron chi connectivity index (χ1n) is 13.3. The van der Waals surface area contributed by atoms with E-state index in [-0.39, 0.29) is 30.3 Å². The van der Waals surface area contributed by atoms with Crippen LogP contribution in [0.1, 0.15) is 55.6 Å². The molecule has 8 nitrogen and oxygen atoms in total. The number of carbonyl (C=O) groups is 3. The van der Waals surface area contributed by atoms with Crippen LogP contribution >= 0.6 is 0 Å². The SMILES string of the molecule is Cc1ccc(O[C@H]2C[C@H](N3C(=O)[C@H](C(C)C)NC(=O)[C@@H]3C(C)C)O[C@@H]2COC(=O)c2ccc(C)cc2)cc1. The summed E-state index contributed by atoms with van der Waals surface area (Å²) in [6, 6.07) is 13.5. The number of hydrogen-bond acceptors (Lipinski definition) is 6. The molecule has 0 aromatic heterocycles. The molecular weight excluding hydrogens is 484 g/mol. The Kier molecular flexibility index (Phi) is 8.41. The highest BCUT2D eigenvalue weighted by atomic mass is 16.6. The van der Waals surface area contributed by atoms with E-state index < -0.39 is 36.5 Å². The quantitative estimate of drug-likeness (QED) is 0.526. The van der Waals surface area contributed by atoms with Crippen LogP contribution in [0.5, 0.6) is 5.75 Å². The van der Waals surface area contributed by atoms with Crippen LogP contribution in [0.15, 0.2) is 48.5 Å². The Morgan fingerprint density at radius 3 is 2.16 bits per heavy atom. The molecule has 5 atom stereocenters. The van der Waals surface area contributed by atoms with Crippen LogP contribution < -0.4 is 10.1 Å². The molecule has 1 N–H and O–H groups in total. The minimum atomic E-state index is -0.694. The summed E-state index contributed by atoms with van der Waals surface area (Å²) in [5.41, 5.74) is 2.60. The first kappa shape index (κ1) is 27.6. The second kappa shape index (κ2) is 11.6. The molecule has 204 valence electrons. The molecule has 8 heteroatoms. The average molecular weight is 523 g/mol. The Balaban J connectivity index is 1.57. The van der Waals surface area contributed by atoms with E-state index in [2.05, 4.69) is 5.32 Å². The van der Waals surface area contributed by atoms with Gasteiger partial charge in [0.05, 0.1) is 5.56 Å². The lowest BCUT2D eigenvalue weighted by Crippen LogP contribution is -2.68. The maximum atomic E-state index is 13.6. The van der Waals surface area contributed by atoms with Gasteiger partial charge in [0, 0.05) is 6.42 Å². The molecule has 38 heavy (non-hydrogen) atoms. The van der Waals surface area contributed by atoms with Crippen molar-refractivity contribution in [2.75, 3.05) is 6.61 Å². The molecule has 0 radical (unpaired) electrons. The van der Waals surface area contributed by atoms with Crippen LogP contribution in [0.2, 0.25) is 0 Å². The van der Waals surface area contributed by atoms with E-state index in [1.807, 2.05) is 77.9 Å². The lowest BCUT2D eigenvalue weighted by atomic mass is 9.92. The van der Waals surface area contributed by atoms with Gasteiger partial charge in [-0.2, -0.15) is 0 Å². The van der Waals surface area contributed by atoms with Crippen molar-refractivity contribution in [3.8, 4) is 5.75 Å². The predicted octanol–water partition coefficient (Wildman–Crippen LogP) is 4.03. The maximum Gasteiger partial charge on any atom is 0.338 e. The van der Waals surface area contributed by atoms with Gasteiger partial charge < -0.3 is 24.4 Å². The second-order valence-electron chi connectivity index (χ2n) is 11.0. The normalized spacial score (nSPS) is 25.6. The lowest BCUT2D eigenvalue weighted by Gasteiger charge is -2.44. The zero-order valence-electron chi connectivity index (χ0n) is 23.0. The second-order valence-corrected chi connectivity index (χ2v) is 11.0. The summed E-state index contributed by atoms with van der Waals surface area (Å²) in [6.07, 6.45) is -1.47. The van der Waals surface area contributed by atoms with E-state index >= 15 is 0 Å². The van der Waals surface area contributed by atoms with Crippen molar-refractivity contribution in [3.63, 3.8) is 0 Å². The third kappa shape index (κ3) is 6.01. The van der Waals surface area contributed by atoms with E-state index in [0.717, 1.165) is 11.1 Å². The van der Waals surface area contributed by atoms with Gasteiger partial charge in [-0.25, -0.2) is 4.79 Å². The van der Waals surface area contributed by atoms with Crippen molar-refractivity contribution in [1.29, 1.82) is 0 Å². The Labute approximate surface area is 224 Å². The van der Waals surface area contributed by atoms with Gasteiger partial charge in [0.1, 0.15) is 42.9 Å². The minimum Gasteiger partial charge on any atom is -0.487 e. The summed E-state index contributed by atoms with van der Waals surface area (Å²) < 4.78 is 18.3. The van der Waals surface area contributed by atoms with Crippen LogP contribution in [-0.4, -0.2) is 59.8 Å². The van der Waals surface area contributed by atoms with E-state index in [4.69, 9.17) is 14.2 Å². The third-order valence-corrected chi connectivity index (χ3v) is 7.15. The molecule has 0 unspecified atom stereocenters. The number of benzene rings is 2. The van der Waals surface area contributed by atoms with Crippen molar-refractivity contribution in [3.05, 3.63) is 65.2 Å². The summed E-state index contributed by atoms with van der Waals surface area (Å²) in [7, 11) is 0. The van der Waals surface area contributed by atoms with Crippen LogP contribution in [0, 0.1) is 25.7 Å². The number of rotatable bonds is 8. The molecule has 2 fully saturated rings. The van der Waals surface area contributed by atoms with E-state index in [0.29, 0.717) is 17.7 Å². The standard InChI is InChI=1S/C30H38N2O6/c1-17(2)26-29(34)32(27(18(3)4)28(33)31-26)25-15-23(37-22-13-9-20(6)10-14-22)24(38-25)16-36-30(35)21-11-7-19(5)8-12-21/h7-14,17-18,23-27H,15-16H2,1-6H3,(H,31,33)/t23-,24+,25+,26-,27-/m0/s1. The number of carbonyl (C=O) groups excluding carboxylic acids is 3. The Morgan fingerprint density at radius 1 is 0.974 bits per heavy atom. The third-order valence-electron chi connectivity index (χ3n) is 7.15. The number of piperazine rings is 1. The number of ether oxygens (including phenoxy) is 3. The van der Waals surface area contributed by atoms with Crippen molar-refractivity contribution < 1.29 is 28.6 Å². The predicted molar refractivity (Wildman–Crippen MR) is 143 cm³/mol. The lowest BCUT2D eigenvalue weighted by molar-refractivity contribution is -0.170. The number of hydrogen-bond donors (Lipinski definition) is 1. The van der Waals surface area contributed by atoms with Gasteiger partial charge >= 0.3 is 5.97 Å². The summed E-state index contributed by atoms with van der Waals surface area (Å²) in [5, 5.41) is 2.89. The summed E-state index contributed by atoms with van der Waals surface area (Å²) in [6.45, 7) is 11.5. The Bertz CT molecular complexity index is 1140. The van der Waals surface area contributed by atoms with Gasteiger partial charge in [0.25, 0.3) is 0 Å². The molecular formula is C30H38N2O6. The molecule has 2 aliphatic heterocycles. The summed E-state index contributed by atoms with van der Waals surface area (Å²) in [4.78, 5) is 41.0. The average Bonchev–Trinajstić information content (AvgIpc) is 3.26. The van der Waals surface area contributed by atoms with E-state index in [9.17, 15) is 14.4 Å². The molecule has 2 saturated heterocycles. The first-order valence-corrected chi connectivity index (χ1v) is 13.3. The van der Waals surface area contributed by atoms with Crippen molar-refractivity contribution in [2.45, 2.75) is 78.5 Å². The summed E-state index contributed by atoms with van der Waals surface area (Å²) >= 11 is 0. The molecule has 2 aromatic rings. The monoisotopic (exact) mass is 522 g/mol. The van der Waals surface area contributed by atoms with Gasteiger partial charge in [0.15, 0.2) is 0 Å². The zero-order valence-corrected chi connectivity index (χ0v) is 23.0. The fourth-order valence-corrected chi connectivity index (χ4v) is 4.99. The first-order chi connectivity index (χ1) is 18.0. The smallest absolute Gasteiger partial charge is 0.338 e. The molecule has 2 amide bonds. The highest BCUT2D eigenvalue weighted by molar-refractivity contribution is 5.97. The van der Waals surface area contributed by atoms with Crippen LogP contribution in [-0.2, 0) is 19.1 Å². The fraction of sp³-hybridized carbons (Fsp3) is 0.500. The fourth-order valence-electron chi connectivity index (χ4n) is 4.99. The van der Waals surface area contributed by atoms with Crippen LogP contribution in [0.3, 0.4) is 0 Å². The van der Waals surface area contributed by atoms with Gasteiger partial charge in [0.2, 0.25) is 11.8 Å². The number of nitrogens with one attached hydrogen (secondary N) is 1. The van der Waals surface area contributed by atoms with Gasteiger partial charge in [-0.05, 0) is 49.9 Å². The van der Waals surface area contributed by atoms with Crippen molar-refractivity contribution >= 4 is 17.8 Å². The number of esters is 1. The van der Waals surface area contributed by atoms with E-state index in [1.165, 1.54) is 0 Å². The molecule has 4 rings (SSSR count). The molecule has 0 saturated carbocycles. The Morgan fingerprint density at radius 2 is 1.58 bits per heavy atom. The maximum absolute atomic E-state index is 13.6. The highest BCUT2D eigenvalue weighted by Crippen LogP contribution is 2.33. The minimum absolute atomic E-state index is 0.0477.